The first-order valence-corrected chi connectivity index (χ1v) is 10.6. The zero-order valence-electron chi connectivity index (χ0n) is 14.7. The second-order valence-electron chi connectivity index (χ2n) is 6.06. The fourth-order valence-corrected chi connectivity index (χ4v) is 4.84. The van der Waals surface area contributed by atoms with Gasteiger partial charge in [0.1, 0.15) is 4.90 Å². The van der Waals surface area contributed by atoms with Gasteiger partial charge in [0.25, 0.3) is 0 Å². The lowest BCUT2D eigenvalue weighted by atomic mass is 10.2. The van der Waals surface area contributed by atoms with Crippen LogP contribution in [0, 0.1) is 6.92 Å². The van der Waals surface area contributed by atoms with Crippen LogP contribution >= 0.6 is 23.8 Å². The van der Waals surface area contributed by atoms with Crippen LogP contribution in [-0.4, -0.2) is 44.1 Å². The minimum atomic E-state index is -3.70. The lowest BCUT2D eigenvalue weighted by Gasteiger charge is -2.26. The molecule has 0 aromatic heterocycles. The third-order valence-electron chi connectivity index (χ3n) is 4.17. The monoisotopic (exact) mass is 425 g/mol. The fourth-order valence-electron chi connectivity index (χ4n) is 2.70. The molecular weight excluding hydrogens is 406 g/mol. The van der Waals surface area contributed by atoms with E-state index in [1.807, 2.05) is 31.2 Å². The average Bonchev–Trinajstić information content (AvgIpc) is 2.66. The maximum Gasteiger partial charge on any atom is 0.244 e. The molecule has 1 aliphatic rings. The number of hydrogen-bond donors (Lipinski definition) is 2. The minimum Gasteiger partial charge on any atom is -0.379 e. The molecule has 0 bridgehead atoms. The smallest absolute Gasteiger partial charge is 0.244 e. The number of sulfonamides is 1. The Hall–Kier alpha value is -1.71. The largest absolute Gasteiger partial charge is 0.379 e. The number of anilines is 2. The molecular formula is C18H20ClN3O3S2. The summed E-state index contributed by atoms with van der Waals surface area (Å²) in [4.78, 5) is 0.0507. The summed E-state index contributed by atoms with van der Waals surface area (Å²) in [5, 5.41) is 6.65. The van der Waals surface area contributed by atoms with E-state index in [1.165, 1.54) is 10.4 Å². The molecule has 0 unspecified atom stereocenters. The quantitative estimate of drug-likeness (QED) is 0.731. The number of thiocarbonyl (C=S) groups is 1. The predicted molar refractivity (Wildman–Crippen MR) is 112 cm³/mol. The van der Waals surface area contributed by atoms with Crippen molar-refractivity contribution >= 4 is 50.3 Å². The molecule has 2 N–H and O–H groups in total. The van der Waals surface area contributed by atoms with E-state index in [4.69, 9.17) is 28.6 Å². The van der Waals surface area contributed by atoms with E-state index in [2.05, 4.69) is 10.6 Å². The van der Waals surface area contributed by atoms with Gasteiger partial charge in [0, 0.05) is 24.5 Å². The Bertz CT molecular complexity index is 945. The minimum absolute atomic E-state index is 0.0507. The summed E-state index contributed by atoms with van der Waals surface area (Å²) < 4.78 is 32.4. The van der Waals surface area contributed by atoms with Crippen LogP contribution in [0.15, 0.2) is 47.4 Å². The normalized spacial score (nSPS) is 15.3. The van der Waals surface area contributed by atoms with Crippen molar-refractivity contribution in [3.8, 4) is 0 Å². The highest BCUT2D eigenvalue weighted by Crippen LogP contribution is 2.28. The molecule has 9 heteroatoms. The molecule has 2 aromatic carbocycles. The van der Waals surface area contributed by atoms with Gasteiger partial charge < -0.3 is 15.4 Å². The molecule has 3 rings (SSSR count). The third kappa shape index (κ3) is 4.77. The van der Waals surface area contributed by atoms with E-state index in [0.29, 0.717) is 37.1 Å². The topological polar surface area (TPSA) is 70.7 Å². The molecule has 6 nitrogen and oxygen atoms in total. The summed E-state index contributed by atoms with van der Waals surface area (Å²) >= 11 is 11.5. The summed E-state index contributed by atoms with van der Waals surface area (Å²) in [5.41, 5.74) is 2.47. The number of aryl methyl sites for hydroxylation is 1. The zero-order chi connectivity index (χ0) is 19.4. The van der Waals surface area contributed by atoms with Crippen molar-refractivity contribution in [2.75, 3.05) is 36.9 Å². The van der Waals surface area contributed by atoms with Crippen molar-refractivity contribution in [2.24, 2.45) is 0 Å². The standard InChI is InChI=1S/C18H20ClN3O3S2/c1-13-4-2-3-5-16(13)21-18(26)20-14-6-7-15(19)17(12-14)27(23,24)22-8-10-25-11-9-22/h2-7,12H,8-11H2,1H3,(H2,20,21,26). The Morgan fingerprint density at radius 2 is 1.85 bits per heavy atom. The first-order valence-electron chi connectivity index (χ1n) is 8.39. The molecule has 1 aliphatic heterocycles. The number of nitrogens with one attached hydrogen (secondary N) is 2. The SMILES string of the molecule is Cc1ccccc1NC(=S)Nc1ccc(Cl)c(S(=O)(=O)N2CCOCC2)c1. The molecule has 144 valence electrons. The second-order valence-corrected chi connectivity index (χ2v) is 8.78. The van der Waals surface area contributed by atoms with Crippen molar-refractivity contribution in [1.82, 2.24) is 4.31 Å². The van der Waals surface area contributed by atoms with Crippen LogP contribution in [0.2, 0.25) is 5.02 Å². The predicted octanol–water partition coefficient (Wildman–Crippen LogP) is 3.48. The highest BCUT2D eigenvalue weighted by Gasteiger charge is 2.28. The summed E-state index contributed by atoms with van der Waals surface area (Å²) in [6.07, 6.45) is 0. The lowest BCUT2D eigenvalue weighted by Crippen LogP contribution is -2.40. The van der Waals surface area contributed by atoms with Gasteiger partial charge >= 0.3 is 0 Å². The zero-order valence-corrected chi connectivity index (χ0v) is 17.1. The number of para-hydroxylation sites is 1. The molecule has 0 atom stereocenters. The van der Waals surface area contributed by atoms with E-state index >= 15 is 0 Å². The van der Waals surface area contributed by atoms with Crippen LogP contribution in [0.4, 0.5) is 11.4 Å². The van der Waals surface area contributed by atoms with Gasteiger partial charge in [-0.15, -0.1) is 0 Å². The van der Waals surface area contributed by atoms with Gasteiger partial charge in [-0.25, -0.2) is 8.42 Å². The fraction of sp³-hybridized carbons (Fsp3) is 0.278. The van der Waals surface area contributed by atoms with Crippen molar-refractivity contribution < 1.29 is 13.2 Å². The van der Waals surface area contributed by atoms with Crippen LogP contribution in [0.1, 0.15) is 5.56 Å². The number of rotatable bonds is 4. The van der Waals surface area contributed by atoms with Crippen LogP contribution in [0.25, 0.3) is 0 Å². The number of hydrogen-bond acceptors (Lipinski definition) is 4. The third-order valence-corrected chi connectivity index (χ3v) is 6.75. The van der Waals surface area contributed by atoms with Crippen molar-refractivity contribution in [2.45, 2.75) is 11.8 Å². The van der Waals surface area contributed by atoms with Crippen LogP contribution in [0.5, 0.6) is 0 Å². The summed E-state index contributed by atoms with van der Waals surface area (Å²) in [5.74, 6) is 0. The Labute approximate surface area is 169 Å². The Morgan fingerprint density at radius 1 is 1.15 bits per heavy atom. The van der Waals surface area contributed by atoms with Gasteiger partial charge in [-0.1, -0.05) is 29.8 Å². The number of halogens is 1. The molecule has 0 aliphatic carbocycles. The first kappa shape index (κ1) is 20.0. The molecule has 1 heterocycles. The number of ether oxygens (including phenoxy) is 1. The highest BCUT2D eigenvalue weighted by atomic mass is 35.5. The molecule has 1 fully saturated rings. The molecule has 0 radical (unpaired) electrons. The van der Waals surface area contributed by atoms with Crippen LogP contribution in [-0.2, 0) is 14.8 Å². The average molecular weight is 426 g/mol. The van der Waals surface area contributed by atoms with Crippen molar-refractivity contribution in [1.29, 1.82) is 0 Å². The van der Waals surface area contributed by atoms with Gasteiger partial charge in [0.05, 0.1) is 18.2 Å². The van der Waals surface area contributed by atoms with E-state index in [1.54, 1.807) is 12.1 Å². The van der Waals surface area contributed by atoms with Crippen molar-refractivity contribution in [3.05, 3.63) is 53.1 Å². The first-order chi connectivity index (χ1) is 12.9. The number of morpholine rings is 1. The van der Waals surface area contributed by atoms with Gasteiger partial charge in [0.15, 0.2) is 5.11 Å². The molecule has 0 amide bonds. The van der Waals surface area contributed by atoms with Crippen LogP contribution < -0.4 is 10.6 Å². The van der Waals surface area contributed by atoms with Gasteiger partial charge in [-0.3, -0.25) is 0 Å². The summed E-state index contributed by atoms with van der Waals surface area (Å²) in [6.45, 7) is 3.34. The van der Waals surface area contributed by atoms with Gasteiger partial charge in [-0.2, -0.15) is 4.31 Å². The molecule has 2 aromatic rings. The Morgan fingerprint density at radius 3 is 2.56 bits per heavy atom. The van der Waals surface area contributed by atoms with Gasteiger partial charge in [-0.05, 0) is 49.0 Å². The Kier molecular flexibility index (Phi) is 6.33. The summed E-state index contributed by atoms with van der Waals surface area (Å²) in [7, 11) is -3.70. The lowest BCUT2D eigenvalue weighted by molar-refractivity contribution is 0.0730. The maximum absolute atomic E-state index is 12.9. The van der Waals surface area contributed by atoms with E-state index in [9.17, 15) is 8.42 Å². The Balaban J connectivity index is 1.79. The summed E-state index contributed by atoms with van der Waals surface area (Å²) in [6, 6.07) is 12.5. The second kappa shape index (κ2) is 8.53. The van der Waals surface area contributed by atoms with E-state index in [-0.39, 0.29) is 9.92 Å². The molecule has 1 saturated heterocycles. The van der Waals surface area contributed by atoms with E-state index < -0.39 is 10.0 Å². The molecule has 0 saturated carbocycles. The molecule has 0 spiro atoms. The maximum atomic E-state index is 12.9. The number of nitrogens with zero attached hydrogens (tertiary/aromatic N) is 1. The van der Waals surface area contributed by atoms with Crippen molar-refractivity contribution in [3.63, 3.8) is 0 Å². The van der Waals surface area contributed by atoms with E-state index in [0.717, 1.165) is 11.3 Å². The number of benzene rings is 2. The van der Waals surface area contributed by atoms with Gasteiger partial charge in [0.2, 0.25) is 10.0 Å². The van der Waals surface area contributed by atoms with Crippen LogP contribution in [0.3, 0.4) is 0 Å². The highest BCUT2D eigenvalue weighted by molar-refractivity contribution is 7.89. The molecule has 27 heavy (non-hydrogen) atoms.